The largest absolute Gasteiger partial charge is 0.491 e. The third-order valence-corrected chi connectivity index (χ3v) is 4.46. The summed E-state index contributed by atoms with van der Waals surface area (Å²) in [5.74, 6) is 0.781. The van der Waals surface area contributed by atoms with Crippen molar-refractivity contribution in [2.45, 2.75) is 13.3 Å². The molecule has 1 aliphatic rings. The highest BCUT2D eigenvalue weighted by Gasteiger charge is 2.23. The standard InChI is InChI=1S/C17H16BrNO2/c1-12-7-8-13(11-14(12)18)17(20)19-9-4-10-21-16-6-3-2-5-15(16)19/h2-3,5-8,11H,4,9-10H2,1H3. The van der Waals surface area contributed by atoms with Crippen LogP contribution in [-0.4, -0.2) is 19.1 Å². The van der Waals surface area contributed by atoms with Crippen LogP contribution in [0.4, 0.5) is 5.69 Å². The predicted octanol–water partition coefficient (Wildman–Crippen LogP) is 4.19. The fourth-order valence-corrected chi connectivity index (χ4v) is 2.80. The normalized spacial score (nSPS) is 14.1. The van der Waals surface area contributed by atoms with Gasteiger partial charge in [-0.1, -0.05) is 34.1 Å². The van der Waals surface area contributed by atoms with E-state index in [0.717, 1.165) is 27.9 Å². The molecule has 2 aromatic carbocycles. The number of rotatable bonds is 1. The van der Waals surface area contributed by atoms with Crippen molar-refractivity contribution in [3.8, 4) is 5.75 Å². The van der Waals surface area contributed by atoms with Gasteiger partial charge in [0.25, 0.3) is 5.91 Å². The van der Waals surface area contributed by atoms with Crippen molar-refractivity contribution in [1.29, 1.82) is 0 Å². The van der Waals surface area contributed by atoms with Crippen molar-refractivity contribution in [1.82, 2.24) is 0 Å². The quantitative estimate of drug-likeness (QED) is 0.775. The average Bonchev–Trinajstić information content (AvgIpc) is 2.71. The molecule has 0 N–H and O–H groups in total. The number of benzene rings is 2. The summed E-state index contributed by atoms with van der Waals surface area (Å²) in [4.78, 5) is 14.6. The Hall–Kier alpha value is -1.81. The summed E-state index contributed by atoms with van der Waals surface area (Å²) in [5, 5.41) is 0. The van der Waals surface area contributed by atoms with Crippen molar-refractivity contribution >= 4 is 27.5 Å². The lowest BCUT2D eigenvalue weighted by atomic mass is 10.1. The third kappa shape index (κ3) is 2.81. The van der Waals surface area contributed by atoms with Gasteiger partial charge >= 0.3 is 0 Å². The summed E-state index contributed by atoms with van der Waals surface area (Å²) in [7, 11) is 0. The molecule has 2 aromatic rings. The van der Waals surface area contributed by atoms with Gasteiger partial charge in [-0.05, 0) is 43.2 Å². The molecular formula is C17H16BrNO2. The number of ether oxygens (including phenoxy) is 1. The smallest absolute Gasteiger partial charge is 0.258 e. The van der Waals surface area contributed by atoms with Crippen molar-refractivity contribution in [2.75, 3.05) is 18.1 Å². The van der Waals surface area contributed by atoms with Gasteiger partial charge in [0.2, 0.25) is 0 Å². The van der Waals surface area contributed by atoms with Crippen LogP contribution < -0.4 is 9.64 Å². The molecule has 0 aromatic heterocycles. The number of anilines is 1. The van der Waals surface area contributed by atoms with E-state index >= 15 is 0 Å². The third-order valence-electron chi connectivity index (χ3n) is 3.60. The second kappa shape index (κ2) is 5.90. The van der Waals surface area contributed by atoms with Crippen molar-refractivity contribution in [2.24, 2.45) is 0 Å². The zero-order chi connectivity index (χ0) is 14.8. The molecule has 0 radical (unpaired) electrons. The van der Waals surface area contributed by atoms with Crippen LogP contribution in [0.2, 0.25) is 0 Å². The molecular weight excluding hydrogens is 330 g/mol. The van der Waals surface area contributed by atoms with E-state index in [4.69, 9.17) is 4.74 Å². The lowest BCUT2D eigenvalue weighted by molar-refractivity contribution is 0.0987. The topological polar surface area (TPSA) is 29.5 Å². The summed E-state index contributed by atoms with van der Waals surface area (Å²) < 4.78 is 6.66. The number of carbonyl (C=O) groups excluding carboxylic acids is 1. The summed E-state index contributed by atoms with van der Waals surface area (Å²) in [6.07, 6.45) is 0.827. The van der Waals surface area contributed by atoms with Crippen LogP contribution in [0.25, 0.3) is 0 Å². The molecule has 3 nitrogen and oxygen atoms in total. The maximum absolute atomic E-state index is 12.8. The van der Waals surface area contributed by atoms with E-state index in [2.05, 4.69) is 15.9 Å². The SMILES string of the molecule is Cc1ccc(C(=O)N2CCCOc3ccccc32)cc1Br. The van der Waals surface area contributed by atoms with Gasteiger partial charge in [-0.3, -0.25) is 4.79 Å². The van der Waals surface area contributed by atoms with Crippen LogP contribution in [0.15, 0.2) is 46.9 Å². The molecule has 1 aliphatic heterocycles. The molecule has 0 unspecified atom stereocenters. The summed E-state index contributed by atoms with van der Waals surface area (Å²) in [6, 6.07) is 13.4. The lowest BCUT2D eigenvalue weighted by Gasteiger charge is -2.22. The zero-order valence-corrected chi connectivity index (χ0v) is 13.4. The van der Waals surface area contributed by atoms with Gasteiger partial charge in [0.1, 0.15) is 5.75 Å². The molecule has 0 saturated heterocycles. The van der Waals surface area contributed by atoms with E-state index in [1.54, 1.807) is 4.90 Å². The van der Waals surface area contributed by atoms with Crippen LogP contribution in [0, 0.1) is 6.92 Å². The Morgan fingerprint density at radius 1 is 1.24 bits per heavy atom. The molecule has 0 saturated carbocycles. The molecule has 0 spiro atoms. The van der Waals surface area contributed by atoms with Crippen LogP contribution >= 0.6 is 15.9 Å². The Morgan fingerprint density at radius 2 is 2.05 bits per heavy atom. The number of nitrogens with zero attached hydrogens (tertiary/aromatic N) is 1. The van der Waals surface area contributed by atoms with E-state index in [-0.39, 0.29) is 5.91 Å². The Bertz CT molecular complexity index is 684. The predicted molar refractivity (Wildman–Crippen MR) is 87.1 cm³/mol. The fourth-order valence-electron chi connectivity index (χ4n) is 2.42. The van der Waals surface area contributed by atoms with Gasteiger partial charge in [-0.15, -0.1) is 0 Å². The van der Waals surface area contributed by atoms with Crippen LogP contribution in [0.3, 0.4) is 0 Å². The molecule has 0 fully saturated rings. The highest BCUT2D eigenvalue weighted by Crippen LogP contribution is 2.32. The molecule has 21 heavy (non-hydrogen) atoms. The number of hydrogen-bond acceptors (Lipinski definition) is 2. The van der Waals surface area contributed by atoms with Gasteiger partial charge in [-0.25, -0.2) is 0 Å². The minimum Gasteiger partial charge on any atom is -0.491 e. The fraction of sp³-hybridized carbons (Fsp3) is 0.235. The van der Waals surface area contributed by atoms with E-state index in [9.17, 15) is 4.79 Å². The number of fused-ring (bicyclic) bond motifs is 1. The number of halogens is 1. The molecule has 0 bridgehead atoms. The van der Waals surface area contributed by atoms with E-state index in [1.807, 2.05) is 49.4 Å². The molecule has 0 aliphatic carbocycles. The first-order chi connectivity index (χ1) is 10.2. The molecule has 4 heteroatoms. The Morgan fingerprint density at radius 3 is 2.86 bits per heavy atom. The first kappa shape index (κ1) is 14.1. The molecule has 3 rings (SSSR count). The Labute approximate surface area is 132 Å². The summed E-state index contributed by atoms with van der Waals surface area (Å²) >= 11 is 3.49. The van der Waals surface area contributed by atoms with Crippen molar-refractivity contribution in [3.05, 3.63) is 58.1 Å². The highest BCUT2D eigenvalue weighted by atomic mass is 79.9. The van der Waals surface area contributed by atoms with Gasteiger partial charge in [0.05, 0.1) is 12.3 Å². The van der Waals surface area contributed by atoms with Gasteiger partial charge in [-0.2, -0.15) is 0 Å². The van der Waals surface area contributed by atoms with Gasteiger partial charge < -0.3 is 9.64 Å². The number of carbonyl (C=O) groups is 1. The van der Waals surface area contributed by atoms with E-state index in [1.165, 1.54) is 0 Å². The van der Waals surface area contributed by atoms with Gasteiger partial charge in [0.15, 0.2) is 0 Å². The van der Waals surface area contributed by atoms with E-state index < -0.39 is 0 Å². The molecule has 0 atom stereocenters. The van der Waals surface area contributed by atoms with Crippen LogP contribution in [0.5, 0.6) is 5.75 Å². The molecule has 1 heterocycles. The second-order valence-electron chi connectivity index (χ2n) is 5.09. The van der Waals surface area contributed by atoms with Gasteiger partial charge in [0, 0.05) is 16.6 Å². The maximum Gasteiger partial charge on any atom is 0.258 e. The number of aryl methyl sites for hydroxylation is 1. The first-order valence-corrected chi connectivity index (χ1v) is 7.76. The minimum atomic E-state index is 0.00801. The zero-order valence-electron chi connectivity index (χ0n) is 11.8. The Balaban J connectivity index is 1.99. The average molecular weight is 346 g/mol. The van der Waals surface area contributed by atoms with Crippen LogP contribution in [-0.2, 0) is 0 Å². The summed E-state index contributed by atoms with van der Waals surface area (Å²) in [6.45, 7) is 3.31. The minimum absolute atomic E-state index is 0.00801. The number of hydrogen-bond donors (Lipinski definition) is 0. The monoisotopic (exact) mass is 345 g/mol. The van der Waals surface area contributed by atoms with Crippen LogP contribution in [0.1, 0.15) is 22.3 Å². The highest BCUT2D eigenvalue weighted by molar-refractivity contribution is 9.10. The molecule has 1 amide bonds. The number of amides is 1. The van der Waals surface area contributed by atoms with Crippen molar-refractivity contribution < 1.29 is 9.53 Å². The molecule has 108 valence electrons. The van der Waals surface area contributed by atoms with Crippen molar-refractivity contribution in [3.63, 3.8) is 0 Å². The maximum atomic E-state index is 12.8. The van der Waals surface area contributed by atoms with E-state index in [0.29, 0.717) is 18.7 Å². The summed E-state index contributed by atoms with van der Waals surface area (Å²) in [5.41, 5.74) is 2.65. The first-order valence-electron chi connectivity index (χ1n) is 6.96. The number of para-hydroxylation sites is 2. The second-order valence-corrected chi connectivity index (χ2v) is 5.94. The Kier molecular flexibility index (Phi) is 3.97. The lowest BCUT2D eigenvalue weighted by Crippen LogP contribution is -2.31.